The molecule has 1 N–H and O–H groups in total. The van der Waals surface area contributed by atoms with E-state index in [9.17, 15) is 0 Å². The summed E-state index contributed by atoms with van der Waals surface area (Å²) in [5, 5.41) is 7.03. The summed E-state index contributed by atoms with van der Waals surface area (Å²) in [5.41, 5.74) is 3.41. The summed E-state index contributed by atoms with van der Waals surface area (Å²) in [5.74, 6) is 0.610. The van der Waals surface area contributed by atoms with E-state index in [2.05, 4.69) is 48.3 Å². The monoisotopic (exact) mass is 244 g/mol. The van der Waals surface area contributed by atoms with Crippen LogP contribution in [-0.2, 0) is 0 Å². The van der Waals surface area contributed by atoms with Crippen LogP contribution in [0, 0.1) is 4.64 Å². The fourth-order valence-corrected chi connectivity index (χ4v) is 1.84. The van der Waals surface area contributed by atoms with Crippen molar-refractivity contribution in [3.63, 3.8) is 0 Å². The van der Waals surface area contributed by atoms with E-state index in [1.807, 2.05) is 12.1 Å². The van der Waals surface area contributed by atoms with Crippen molar-refractivity contribution in [1.82, 2.24) is 10.2 Å². The van der Waals surface area contributed by atoms with E-state index in [4.69, 9.17) is 12.2 Å². The first-order chi connectivity index (χ1) is 8.20. The van der Waals surface area contributed by atoms with Crippen LogP contribution < -0.4 is 0 Å². The number of hydrogen-bond acceptors (Lipinski definition) is 2. The van der Waals surface area contributed by atoms with Gasteiger partial charge in [-0.2, -0.15) is 5.10 Å². The number of H-pyrrole nitrogens is 1. The molecule has 2 rings (SSSR count). The lowest BCUT2D eigenvalue weighted by atomic mass is 9.97. The highest BCUT2D eigenvalue weighted by molar-refractivity contribution is 7.71. The first-order valence-electron chi connectivity index (χ1n) is 5.86. The van der Waals surface area contributed by atoms with Gasteiger partial charge < -0.3 is 0 Å². The van der Waals surface area contributed by atoms with E-state index in [1.54, 1.807) is 0 Å². The minimum absolute atomic E-state index is 0.610. The smallest absolute Gasteiger partial charge is 0.119 e. The molecular weight excluding hydrogens is 228 g/mol. The van der Waals surface area contributed by atoms with Gasteiger partial charge in [-0.05, 0) is 30.0 Å². The second-order valence-electron chi connectivity index (χ2n) is 4.24. The van der Waals surface area contributed by atoms with Crippen molar-refractivity contribution in [2.75, 3.05) is 0 Å². The van der Waals surface area contributed by atoms with Crippen molar-refractivity contribution < 1.29 is 0 Å². The number of nitrogens with zero attached hydrogens (tertiary/aromatic N) is 1. The quantitative estimate of drug-likeness (QED) is 0.814. The lowest BCUT2D eigenvalue weighted by molar-refractivity contribution is 0.734. The van der Waals surface area contributed by atoms with Gasteiger partial charge >= 0.3 is 0 Å². The highest BCUT2D eigenvalue weighted by Crippen LogP contribution is 2.22. The zero-order chi connectivity index (χ0) is 12.3. The van der Waals surface area contributed by atoms with Crippen molar-refractivity contribution in [3.8, 4) is 11.3 Å². The topological polar surface area (TPSA) is 28.7 Å². The third-order valence-corrected chi connectivity index (χ3v) is 3.29. The lowest BCUT2D eigenvalue weighted by Gasteiger charge is -2.09. The Kier molecular flexibility index (Phi) is 3.69. The molecule has 0 saturated heterocycles. The average Bonchev–Trinajstić information content (AvgIpc) is 2.39. The molecule has 0 aliphatic rings. The van der Waals surface area contributed by atoms with Gasteiger partial charge in [0.2, 0.25) is 0 Å². The lowest BCUT2D eigenvalue weighted by Crippen LogP contribution is -1.92. The molecule has 3 heteroatoms. The molecule has 2 nitrogen and oxygen atoms in total. The van der Waals surface area contributed by atoms with Crippen molar-refractivity contribution in [2.24, 2.45) is 0 Å². The van der Waals surface area contributed by atoms with Crippen LogP contribution in [0.25, 0.3) is 11.3 Å². The molecule has 0 aliphatic carbocycles. The second kappa shape index (κ2) is 5.23. The Balaban J connectivity index is 2.29. The summed E-state index contributed by atoms with van der Waals surface area (Å²) in [6.07, 6.45) is 1.16. The van der Waals surface area contributed by atoms with Gasteiger partial charge in [-0.3, -0.25) is 5.10 Å². The number of aromatic nitrogens is 2. The SMILES string of the molecule is CCC(C)c1ccc(-c2ccc(=S)[nH]n2)cc1. The summed E-state index contributed by atoms with van der Waals surface area (Å²) in [6.45, 7) is 4.45. The Morgan fingerprint density at radius 2 is 1.88 bits per heavy atom. The molecule has 1 atom stereocenters. The van der Waals surface area contributed by atoms with Gasteiger partial charge in [0.1, 0.15) is 4.64 Å². The third-order valence-electron chi connectivity index (χ3n) is 3.07. The van der Waals surface area contributed by atoms with E-state index >= 15 is 0 Å². The van der Waals surface area contributed by atoms with Crippen molar-refractivity contribution >= 4 is 12.2 Å². The maximum atomic E-state index is 4.97. The molecule has 1 aromatic heterocycles. The Morgan fingerprint density at radius 1 is 1.18 bits per heavy atom. The molecule has 17 heavy (non-hydrogen) atoms. The molecular formula is C14H16N2S. The van der Waals surface area contributed by atoms with Crippen LogP contribution in [0.5, 0.6) is 0 Å². The molecule has 1 aromatic carbocycles. The van der Waals surface area contributed by atoms with Crippen LogP contribution in [0.15, 0.2) is 36.4 Å². The van der Waals surface area contributed by atoms with Crippen LogP contribution in [0.2, 0.25) is 0 Å². The number of nitrogens with one attached hydrogen (secondary N) is 1. The van der Waals surface area contributed by atoms with E-state index in [1.165, 1.54) is 5.56 Å². The predicted molar refractivity (Wildman–Crippen MR) is 73.6 cm³/mol. The van der Waals surface area contributed by atoms with Gasteiger partial charge in [0, 0.05) is 5.56 Å². The first-order valence-corrected chi connectivity index (χ1v) is 6.27. The van der Waals surface area contributed by atoms with Crippen molar-refractivity contribution in [2.45, 2.75) is 26.2 Å². The fraction of sp³-hybridized carbons (Fsp3) is 0.286. The van der Waals surface area contributed by atoms with E-state index < -0.39 is 0 Å². The fourth-order valence-electron chi connectivity index (χ4n) is 1.72. The maximum Gasteiger partial charge on any atom is 0.119 e. The Bertz CT molecular complexity index is 522. The molecule has 0 bridgehead atoms. The van der Waals surface area contributed by atoms with Crippen LogP contribution in [0.4, 0.5) is 0 Å². The molecule has 2 aromatic rings. The van der Waals surface area contributed by atoms with Gasteiger partial charge in [-0.1, -0.05) is 50.3 Å². The molecule has 0 amide bonds. The molecule has 0 radical (unpaired) electrons. The summed E-state index contributed by atoms with van der Waals surface area (Å²) >= 11 is 4.97. The number of hydrogen-bond donors (Lipinski definition) is 1. The number of aromatic amines is 1. The zero-order valence-corrected chi connectivity index (χ0v) is 10.9. The summed E-state index contributed by atoms with van der Waals surface area (Å²) in [4.78, 5) is 0. The molecule has 0 saturated carbocycles. The minimum atomic E-state index is 0.610. The van der Waals surface area contributed by atoms with Crippen molar-refractivity contribution in [3.05, 3.63) is 46.6 Å². The Labute approximate surface area is 107 Å². The summed E-state index contributed by atoms with van der Waals surface area (Å²) in [6, 6.07) is 12.4. The van der Waals surface area contributed by atoms with Gasteiger partial charge in [-0.15, -0.1) is 0 Å². The highest BCUT2D eigenvalue weighted by atomic mass is 32.1. The third kappa shape index (κ3) is 2.80. The molecule has 1 heterocycles. The van der Waals surface area contributed by atoms with E-state index in [0.29, 0.717) is 10.6 Å². The first kappa shape index (κ1) is 12.0. The largest absolute Gasteiger partial charge is 0.267 e. The van der Waals surface area contributed by atoms with Crippen LogP contribution in [0.1, 0.15) is 31.7 Å². The van der Waals surface area contributed by atoms with Gasteiger partial charge in [-0.25, -0.2) is 0 Å². The highest BCUT2D eigenvalue weighted by Gasteiger charge is 2.03. The predicted octanol–water partition coefficient (Wildman–Crippen LogP) is 4.32. The minimum Gasteiger partial charge on any atom is -0.267 e. The van der Waals surface area contributed by atoms with Crippen molar-refractivity contribution in [1.29, 1.82) is 0 Å². The van der Waals surface area contributed by atoms with E-state index in [-0.39, 0.29) is 0 Å². The normalized spacial score (nSPS) is 12.4. The average molecular weight is 244 g/mol. The van der Waals surface area contributed by atoms with Gasteiger partial charge in [0.25, 0.3) is 0 Å². The molecule has 0 aliphatic heterocycles. The maximum absolute atomic E-state index is 4.97. The van der Waals surface area contributed by atoms with E-state index in [0.717, 1.165) is 17.7 Å². The van der Waals surface area contributed by atoms with Gasteiger partial charge in [0.15, 0.2) is 0 Å². The zero-order valence-electron chi connectivity index (χ0n) is 10.1. The second-order valence-corrected chi connectivity index (χ2v) is 4.68. The molecule has 0 spiro atoms. The van der Waals surface area contributed by atoms with Crippen LogP contribution in [0.3, 0.4) is 0 Å². The molecule has 88 valence electrons. The summed E-state index contributed by atoms with van der Waals surface area (Å²) in [7, 11) is 0. The molecule has 1 unspecified atom stereocenters. The standard InChI is InChI=1S/C14H16N2S/c1-3-10(2)11-4-6-12(7-5-11)13-8-9-14(17)16-15-13/h4-10H,3H2,1-2H3,(H,16,17). The number of benzene rings is 1. The molecule has 0 fully saturated rings. The van der Waals surface area contributed by atoms with Crippen LogP contribution in [-0.4, -0.2) is 10.2 Å². The van der Waals surface area contributed by atoms with Gasteiger partial charge in [0.05, 0.1) is 5.69 Å². The van der Waals surface area contributed by atoms with Crippen LogP contribution >= 0.6 is 12.2 Å². The summed E-state index contributed by atoms with van der Waals surface area (Å²) < 4.78 is 0.657. The number of rotatable bonds is 3. The Hall–Kier alpha value is -1.48. The Morgan fingerprint density at radius 3 is 2.41 bits per heavy atom.